The number of nitrogens with zero attached hydrogens (tertiary/aromatic N) is 2. The first-order valence-electron chi connectivity index (χ1n) is 5.24. The molecule has 0 unspecified atom stereocenters. The normalized spacial score (nSPS) is 14.8. The van der Waals surface area contributed by atoms with Crippen LogP contribution in [0.1, 0.15) is 18.4 Å². The van der Waals surface area contributed by atoms with Crippen molar-refractivity contribution in [2.75, 3.05) is 11.9 Å². The third kappa shape index (κ3) is 2.61. The number of hydrogen-bond acceptors (Lipinski definition) is 4. The van der Waals surface area contributed by atoms with Gasteiger partial charge in [-0.15, -0.1) is 0 Å². The topological polar surface area (TPSA) is 68.1 Å². The Bertz CT molecular complexity index is 475. The number of nitrogens with one attached hydrogen (secondary N) is 1. The molecule has 92 valence electrons. The molecule has 17 heavy (non-hydrogen) atoms. The van der Waals surface area contributed by atoms with Crippen molar-refractivity contribution in [2.24, 2.45) is 5.92 Å². The van der Waals surface area contributed by atoms with Crippen molar-refractivity contribution in [2.45, 2.75) is 19.8 Å². The van der Waals surface area contributed by atoms with E-state index in [4.69, 9.17) is 23.2 Å². The highest BCUT2D eigenvalue weighted by atomic mass is 35.5. The Morgan fingerprint density at radius 1 is 1.53 bits per heavy atom. The lowest BCUT2D eigenvalue weighted by Gasteiger charge is -2.09. The first kappa shape index (κ1) is 12.4. The lowest BCUT2D eigenvalue weighted by atomic mass is 10.2. The molecule has 2 rings (SSSR count). The predicted molar refractivity (Wildman–Crippen MR) is 66.9 cm³/mol. The molecule has 1 saturated carbocycles. The van der Waals surface area contributed by atoms with E-state index < -0.39 is 4.92 Å². The summed E-state index contributed by atoms with van der Waals surface area (Å²) in [4.78, 5) is 14.4. The zero-order chi connectivity index (χ0) is 12.6. The molecule has 0 aliphatic heterocycles. The SMILES string of the molecule is Cc1c(Cl)c(Cl)nc(NCC2CC2)c1[N+](=O)[O-]. The average molecular weight is 276 g/mol. The van der Waals surface area contributed by atoms with Crippen LogP contribution in [-0.4, -0.2) is 16.5 Å². The first-order chi connectivity index (χ1) is 8.00. The molecule has 5 nitrogen and oxygen atoms in total. The zero-order valence-corrected chi connectivity index (χ0v) is 10.7. The summed E-state index contributed by atoms with van der Waals surface area (Å²) in [5, 5.41) is 14.2. The van der Waals surface area contributed by atoms with Gasteiger partial charge in [-0.2, -0.15) is 0 Å². The van der Waals surface area contributed by atoms with E-state index in [1.54, 1.807) is 6.92 Å². The Labute approximate surface area is 108 Å². The molecule has 1 heterocycles. The number of hydrogen-bond donors (Lipinski definition) is 1. The number of anilines is 1. The van der Waals surface area contributed by atoms with Crippen molar-refractivity contribution in [3.05, 3.63) is 25.9 Å². The minimum Gasteiger partial charge on any atom is -0.364 e. The van der Waals surface area contributed by atoms with Crippen molar-refractivity contribution in [3.63, 3.8) is 0 Å². The van der Waals surface area contributed by atoms with Crippen LogP contribution < -0.4 is 5.32 Å². The predicted octanol–water partition coefficient (Wildman–Crippen LogP) is 3.43. The standard InChI is InChI=1S/C10H11Cl2N3O2/c1-5-7(11)9(12)14-10(8(5)15(16)17)13-4-6-2-3-6/h6H,2-4H2,1H3,(H,13,14). The largest absolute Gasteiger partial charge is 0.364 e. The summed E-state index contributed by atoms with van der Waals surface area (Å²) in [6.45, 7) is 2.25. The molecule has 0 radical (unpaired) electrons. The van der Waals surface area contributed by atoms with Gasteiger partial charge in [0.1, 0.15) is 0 Å². The molecule has 1 aromatic rings. The Balaban J connectivity index is 2.36. The fourth-order valence-electron chi connectivity index (χ4n) is 1.55. The fourth-order valence-corrected chi connectivity index (χ4v) is 1.90. The molecular formula is C10H11Cl2N3O2. The van der Waals surface area contributed by atoms with Crippen molar-refractivity contribution in [1.29, 1.82) is 0 Å². The van der Waals surface area contributed by atoms with Gasteiger partial charge >= 0.3 is 5.69 Å². The van der Waals surface area contributed by atoms with Gasteiger partial charge in [0, 0.05) is 6.54 Å². The summed E-state index contributed by atoms with van der Waals surface area (Å²) >= 11 is 11.7. The molecule has 1 fully saturated rings. The third-order valence-electron chi connectivity index (χ3n) is 2.74. The highest BCUT2D eigenvalue weighted by Gasteiger charge is 2.26. The van der Waals surface area contributed by atoms with Crippen LogP contribution in [0.3, 0.4) is 0 Å². The van der Waals surface area contributed by atoms with Crippen LogP contribution in [0, 0.1) is 23.0 Å². The van der Waals surface area contributed by atoms with Gasteiger partial charge in [0.25, 0.3) is 0 Å². The van der Waals surface area contributed by atoms with Crippen LogP contribution >= 0.6 is 23.2 Å². The number of pyridine rings is 1. The number of nitro groups is 1. The Morgan fingerprint density at radius 3 is 2.71 bits per heavy atom. The van der Waals surface area contributed by atoms with Crippen LogP contribution in [-0.2, 0) is 0 Å². The third-order valence-corrected chi connectivity index (χ3v) is 3.57. The van der Waals surface area contributed by atoms with Crippen LogP contribution in [0.25, 0.3) is 0 Å². The minimum atomic E-state index is -0.486. The highest BCUT2D eigenvalue weighted by Crippen LogP contribution is 2.37. The van der Waals surface area contributed by atoms with Gasteiger partial charge in [0.05, 0.1) is 15.5 Å². The maximum atomic E-state index is 11.0. The van der Waals surface area contributed by atoms with E-state index >= 15 is 0 Å². The van der Waals surface area contributed by atoms with Gasteiger partial charge in [-0.05, 0) is 25.7 Å². The Morgan fingerprint density at radius 2 is 2.18 bits per heavy atom. The highest BCUT2D eigenvalue weighted by molar-refractivity contribution is 6.42. The molecule has 0 spiro atoms. The second-order valence-corrected chi connectivity index (χ2v) is 4.86. The van der Waals surface area contributed by atoms with E-state index in [9.17, 15) is 10.1 Å². The van der Waals surface area contributed by atoms with Gasteiger partial charge in [-0.25, -0.2) is 4.98 Å². The molecule has 1 aliphatic carbocycles. The molecule has 0 amide bonds. The van der Waals surface area contributed by atoms with Crippen molar-refractivity contribution in [3.8, 4) is 0 Å². The molecule has 1 N–H and O–H groups in total. The quantitative estimate of drug-likeness (QED) is 0.519. The second kappa shape index (κ2) is 4.66. The first-order valence-corrected chi connectivity index (χ1v) is 6.00. The van der Waals surface area contributed by atoms with Gasteiger partial charge < -0.3 is 5.32 Å². The molecule has 0 aromatic carbocycles. The summed E-state index contributed by atoms with van der Waals surface area (Å²) in [5.74, 6) is 0.792. The lowest BCUT2D eigenvalue weighted by molar-refractivity contribution is -0.384. The summed E-state index contributed by atoms with van der Waals surface area (Å²) in [6.07, 6.45) is 2.31. The second-order valence-electron chi connectivity index (χ2n) is 4.12. The smallest absolute Gasteiger partial charge is 0.315 e. The Hall–Kier alpha value is -1.07. The van der Waals surface area contributed by atoms with Crippen LogP contribution in [0.4, 0.5) is 11.5 Å². The molecule has 0 saturated heterocycles. The summed E-state index contributed by atoms with van der Waals surface area (Å²) in [6, 6.07) is 0. The Kier molecular flexibility index (Phi) is 3.40. The monoisotopic (exact) mass is 275 g/mol. The van der Waals surface area contributed by atoms with Gasteiger partial charge in [-0.3, -0.25) is 10.1 Å². The molecule has 0 bridgehead atoms. The molecule has 7 heteroatoms. The van der Waals surface area contributed by atoms with E-state index in [-0.39, 0.29) is 21.7 Å². The molecule has 0 atom stereocenters. The van der Waals surface area contributed by atoms with Gasteiger partial charge in [-0.1, -0.05) is 23.2 Å². The van der Waals surface area contributed by atoms with E-state index in [0.29, 0.717) is 18.0 Å². The molecule has 1 aliphatic rings. The maximum Gasteiger partial charge on any atom is 0.315 e. The van der Waals surface area contributed by atoms with Crippen molar-refractivity contribution < 1.29 is 4.92 Å². The van der Waals surface area contributed by atoms with Gasteiger partial charge in [0.15, 0.2) is 5.15 Å². The van der Waals surface area contributed by atoms with Gasteiger partial charge in [0.2, 0.25) is 5.82 Å². The van der Waals surface area contributed by atoms with E-state index in [1.807, 2.05) is 0 Å². The van der Waals surface area contributed by atoms with E-state index in [0.717, 1.165) is 12.8 Å². The summed E-state index contributed by atoms with van der Waals surface area (Å²) in [5.41, 5.74) is 0.245. The maximum absolute atomic E-state index is 11.0. The minimum absolute atomic E-state index is 0.0908. The van der Waals surface area contributed by atoms with Crippen LogP contribution in [0.15, 0.2) is 0 Å². The zero-order valence-electron chi connectivity index (χ0n) is 9.17. The fraction of sp³-hybridized carbons (Fsp3) is 0.500. The van der Waals surface area contributed by atoms with E-state index in [1.165, 1.54) is 0 Å². The van der Waals surface area contributed by atoms with E-state index in [2.05, 4.69) is 10.3 Å². The van der Waals surface area contributed by atoms with Crippen molar-refractivity contribution >= 4 is 34.7 Å². The van der Waals surface area contributed by atoms with Crippen LogP contribution in [0.2, 0.25) is 10.2 Å². The molecule has 1 aromatic heterocycles. The summed E-state index contributed by atoms with van der Waals surface area (Å²) < 4.78 is 0. The average Bonchev–Trinajstić information content (AvgIpc) is 3.06. The van der Waals surface area contributed by atoms with Crippen LogP contribution in [0.5, 0.6) is 0 Å². The molecular weight excluding hydrogens is 265 g/mol. The number of rotatable bonds is 4. The number of halogens is 2. The van der Waals surface area contributed by atoms with Crippen molar-refractivity contribution in [1.82, 2.24) is 4.98 Å². The number of aromatic nitrogens is 1. The summed E-state index contributed by atoms with van der Waals surface area (Å²) in [7, 11) is 0. The lowest BCUT2D eigenvalue weighted by Crippen LogP contribution is -2.09.